The number of rotatable bonds is 1. The highest BCUT2D eigenvalue weighted by Crippen LogP contribution is 2.08. The lowest BCUT2D eigenvalue weighted by atomic mass is 10.2. The zero-order valence-electron chi connectivity index (χ0n) is 12.4. The fraction of sp³-hybridized carbons (Fsp3) is 0.615. The Bertz CT molecular complexity index is 415. The molecular formula is C13H24N4O. The molecule has 0 aliphatic heterocycles. The number of aryl methyl sites for hydroxylation is 3. The molecule has 0 radical (unpaired) electrons. The average molecular weight is 252 g/mol. The summed E-state index contributed by atoms with van der Waals surface area (Å²) in [6, 6.07) is 0. The molecule has 0 saturated carbocycles. The Labute approximate surface area is 109 Å². The molecular weight excluding hydrogens is 228 g/mol. The molecule has 2 rings (SSSR count). The van der Waals surface area contributed by atoms with E-state index in [1.165, 1.54) is 0 Å². The summed E-state index contributed by atoms with van der Waals surface area (Å²) in [5.74, 6) is 1.86. The summed E-state index contributed by atoms with van der Waals surface area (Å²) in [6.07, 6.45) is 3.88. The van der Waals surface area contributed by atoms with Crippen LogP contribution in [-0.4, -0.2) is 19.7 Å². The molecule has 18 heavy (non-hydrogen) atoms. The summed E-state index contributed by atoms with van der Waals surface area (Å²) in [4.78, 5) is 8.01. The smallest absolute Gasteiger partial charge is 0.223 e. The van der Waals surface area contributed by atoms with E-state index < -0.39 is 0 Å². The minimum absolute atomic E-state index is 0.547. The van der Waals surface area contributed by atoms with Gasteiger partial charge in [0.1, 0.15) is 0 Å². The first-order chi connectivity index (χ1) is 8.49. The third-order valence-corrected chi connectivity index (χ3v) is 1.95. The quantitative estimate of drug-likeness (QED) is 0.781. The zero-order valence-corrected chi connectivity index (χ0v) is 12.4. The number of aromatic nitrogens is 4. The first-order valence-corrected chi connectivity index (χ1v) is 6.23. The Morgan fingerprint density at radius 1 is 1.22 bits per heavy atom. The molecule has 2 aromatic heterocycles. The van der Waals surface area contributed by atoms with Gasteiger partial charge in [0.15, 0.2) is 5.82 Å². The summed E-state index contributed by atoms with van der Waals surface area (Å²) >= 11 is 0. The molecule has 0 unspecified atom stereocenters. The van der Waals surface area contributed by atoms with Crippen molar-refractivity contribution in [3.05, 3.63) is 29.9 Å². The van der Waals surface area contributed by atoms with Crippen LogP contribution in [-0.2, 0) is 7.05 Å². The fourth-order valence-corrected chi connectivity index (χ4v) is 1.13. The maximum Gasteiger partial charge on any atom is 0.223 e. The van der Waals surface area contributed by atoms with Crippen LogP contribution < -0.4 is 0 Å². The monoisotopic (exact) mass is 252 g/mol. The first-order valence-electron chi connectivity index (χ1n) is 6.23. The standard InChI is InChI=1S/C7H12N2.C4H6N2O.C2H6/c1-6(2)7-4-9(3)5-8-7;1-3-5-4(2)7-6-3;1-2/h4-6H,1-3H3;1-2H3;1-2H3. The summed E-state index contributed by atoms with van der Waals surface area (Å²) in [5, 5.41) is 3.53. The van der Waals surface area contributed by atoms with Crippen LogP contribution in [0.5, 0.6) is 0 Å². The highest BCUT2D eigenvalue weighted by Gasteiger charge is 1.99. The van der Waals surface area contributed by atoms with Gasteiger partial charge in [-0.25, -0.2) is 4.98 Å². The van der Waals surface area contributed by atoms with Crippen molar-refractivity contribution in [2.75, 3.05) is 0 Å². The van der Waals surface area contributed by atoms with Gasteiger partial charge in [-0.15, -0.1) is 0 Å². The van der Waals surface area contributed by atoms with Crippen molar-refractivity contribution in [3.8, 4) is 0 Å². The van der Waals surface area contributed by atoms with Crippen LogP contribution in [0.15, 0.2) is 17.0 Å². The molecule has 0 fully saturated rings. The molecule has 0 amide bonds. The molecule has 0 N–H and O–H groups in total. The van der Waals surface area contributed by atoms with E-state index in [2.05, 4.69) is 33.5 Å². The third-order valence-electron chi connectivity index (χ3n) is 1.95. The lowest BCUT2D eigenvalue weighted by Crippen LogP contribution is -1.85. The number of imidazole rings is 1. The topological polar surface area (TPSA) is 56.7 Å². The molecule has 102 valence electrons. The Morgan fingerprint density at radius 3 is 2.00 bits per heavy atom. The van der Waals surface area contributed by atoms with Gasteiger partial charge in [0.05, 0.1) is 12.0 Å². The van der Waals surface area contributed by atoms with Gasteiger partial charge in [-0.3, -0.25) is 0 Å². The Morgan fingerprint density at radius 2 is 1.83 bits per heavy atom. The zero-order chi connectivity index (χ0) is 14.1. The van der Waals surface area contributed by atoms with E-state index >= 15 is 0 Å². The molecule has 0 saturated heterocycles. The minimum Gasteiger partial charge on any atom is -0.340 e. The summed E-state index contributed by atoms with van der Waals surface area (Å²) < 4.78 is 6.57. The first kappa shape index (κ1) is 16.4. The van der Waals surface area contributed by atoms with E-state index in [1.807, 2.05) is 38.0 Å². The highest BCUT2D eigenvalue weighted by atomic mass is 16.5. The molecule has 0 spiro atoms. The molecule has 0 atom stereocenters. The molecule has 2 heterocycles. The van der Waals surface area contributed by atoms with Crippen molar-refractivity contribution in [2.24, 2.45) is 7.05 Å². The van der Waals surface area contributed by atoms with Gasteiger partial charge in [0.25, 0.3) is 0 Å². The maximum atomic E-state index is 4.60. The van der Waals surface area contributed by atoms with Crippen molar-refractivity contribution in [1.82, 2.24) is 19.7 Å². The van der Waals surface area contributed by atoms with Crippen molar-refractivity contribution in [3.63, 3.8) is 0 Å². The molecule has 5 heteroatoms. The fourth-order valence-electron chi connectivity index (χ4n) is 1.13. The van der Waals surface area contributed by atoms with Gasteiger partial charge in [-0.1, -0.05) is 32.9 Å². The summed E-state index contributed by atoms with van der Waals surface area (Å²) in [7, 11) is 1.98. The van der Waals surface area contributed by atoms with Gasteiger partial charge in [0.2, 0.25) is 5.89 Å². The number of nitrogens with zero attached hydrogens (tertiary/aromatic N) is 4. The van der Waals surface area contributed by atoms with E-state index in [9.17, 15) is 0 Å². The number of hydrogen-bond donors (Lipinski definition) is 0. The van der Waals surface area contributed by atoms with E-state index in [-0.39, 0.29) is 0 Å². The van der Waals surface area contributed by atoms with Crippen LogP contribution in [0.1, 0.15) is 51.0 Å². The van der Waals surface area contributed by atoms with E-state index in [0.717, 1.165) is 5.69 Å². The molecule has 0 aliphatic carbocycles. The second-order valence-corrected chi connectivity index (χ2v) is 3.98. The van der Waals surface area contributed by atoms with E-state index in [1.54, 1.807) is 13.8 Å². The van der Waals surface area contributed by atoms with Crippen molar-refractivity contribution < 1.29 is 4.52 Å². The summed E-state index contributed by atoms with van der Waals surface area (Å²) in [6.45, 7) is 11.8. The van der Waals surface area contributed by atoms with Gasteiger partial charge >= 0.3 is 0 Å². The van der Waals surface area contributed by atoms with Crippen LogP contribution in [0.3, 0.4) is 0 Å². The van der Waals surface area contributed by atoms with Gasteiger partial charge in [0, 0.05) is 20.2 Å². The highest BCUT2D eigenvalue weighted by molar-refractivity contribution is 5.00. The lowest BCUT2D eigenvalue weighted by Gasteiger charge is -1.95. The van der Waals surface area contributed by atoms with Crippen LogP contribution in [0.4, 0.5) is 0 Å². The predicted molar refractivity (Wildman–Crippen MR) is 72.4 cm³/mol. The predicted octanol–water partition coefficient (Wildman–Crippen LogP) is 3.26. The molecule has 0 aromatic carbocycles. The van der Waals surface area contributed by atoms with Crippen LogP contribution >= 0.6 is 0 Å². The molecule has 2 aromatic rings. The second-order valence-electron chi connectivity index (χ2n) is 3.98. The number of hydrogen-bond acceptors (Lipinski definition) is 4. The maximum absolute atomic E-state index is 4.60. The third kappa shape index (κ3) is 6.18. The van der Waals surface area contributed by atoms with Crippen molar-refractivity contribution in [2.45, 2.75) is 47.5 Å². The molecule has 5 nitrogen and oxygen atoms in total. The SMILES string of the molecule is CC.CC(C)c1cn(C)cn1.Cc1noc(C)n1. The normalized spacial score (nSPS) is 9.33. The van der Waals surface area contributed by atoms with Crippen LogP contribution in [0.25, 0.3) is 0 Å². The summed E-state index contributed by atoms with van der Waals surface area (Å²) in [5.41, 5.74) is 1.16. The van der Waals surface area contributed by atoms with E-state index in [4.69, 9.17) is 0 Å². The van der Waals surface area contributed by atoms with Gasteiger partial charge in [-0.05, 0) is 12.8 Å². The largest absolute Gasteiger partial charge is 0.340 e. The Hall–Kier alpha value is -1.65. The Balaban J connectivity index is 0.000000289. The lowest BCUT2D eigenvalue weighted by molar-refractivity contribution is 0.389. The van der Waals surface area contributed by atoms with E-state index in [0.29, 0.717) is 17.6 Å². The average Bonchev–Trinajstić information content (AvgIpc) is 2.91. The van der Waals surface area contributed by atoms with Crippen molar-refractivity contribution in [1.29, 1.82) is 0 Å². The van der Waals surface area contributed by atoms with Crippen LogP contribution in [0, 0.1) is 13.8 Å². The van der Waals surface area contributed by atoms with Crippen LogP contribution in [0.2, 0.25) is 0 Å². The second kappa shape index (κ2) is 8.44. The van der Waals surface area contributed by atoms with Gasteiger partial charge < -0.3 is 9.09 Å². The molecule has 0 aliphatic rings. The van der Waals surface area contributed by atoms with Crippen molar-refractivity contribution >= 4 is 0 Å². The minimum atomic E-state index is 0.547. The Kier molecular flexibility index (Phi) is 7.67. The molecule has 0 bridgehead atoms. The van der Waals surface area contributed by atoms with Gasteiger partial charge in [-0.2, -0.15) is 4.98 Å².